The molecule has 0 aromatic rings. The van der Waals surface area contributed by atoms with Crippen LogP contribution in [0.3, 0.4) is 0 Å². The molecule has 0 aliphatic heterocycles. The molecule has 0 radical (unpaired) electrons. The van der Waals surface area contributed by atoms with Gasteiger partial charge in [-0.25, -0.2) is 0 Å². The molecule has 334 valence electrons. The molecule has 9 heteroatoms. The first-order chi connectivity index (χ1) is 27.1. The Morgan fingerprint density at radius 1 is 0.536 bits per heavy atom. The highest BCUT2D eigenvalue weighted by molar-refractivity contribution is 7.45. The number of allylic oxidation sites excluding steroid dienone is 2. The normalized spacial score (nSPS) is 13.8. The Morgan fingerprint density at radius 3 is 1.36 bits per heavy atom. The average Bonchev–Trinajstić information content (AvgIpc) is 3.15. The van der Waals surface area contributed by atoms with Gasteiger partial charge in [-0.05, 0) is 38.5 Å². The number of nitrogens with zero attached hydrogens (tertiary/aromatic N) is 1. The largest absolute Gasteiger partial charge is 0.756 e. The summed E-state index contributed by atoms with van der Waals surface area (Å²) in [6.07, 6.45) is 45.1. The first-order valence-electron chi connectivity index (χ1n) is 23.9. The zero-order valence-corrected chi connectivity index (χ0v) is 38.7. The number of phosphoric ester groups is 1. The molecule has 0 rings (SSSR count). The van der Waals surface area contributed by atoms with Crippen LogP contribution in [-0.2, 0) is 27.9 Å². The van der Waals surface area contributed by atoms with Gasteiger partial charge >= 0.3 is 5.97 Å². The van der Waals surface area contributed by atoms with Crippen LogP contribution in [0, 0.1) is 0 Å². The molecule has 0 saturated heterocycles. The molecule has 0 N–H and O–H groups in total. The van der Waals surface area contributed by atoms with Crippen molar-refractivity contribution in [1.82, 2.24) is 0 Å². The van der Waals surface area contributed by atoms with E-state index >= 15 is 0 Å². The SMILES string of the molecule is CCCCCCCC/C=C\CCCCCCCCCCCCOCC(COP(=O)([O-])OCC[N+](C)(C)C)OC(=O)CCCCCCCCCCCCCCCC. The smallest absolute Gasteiger partial charge is 0.306 e. The molecule has 0 aliphatic rings. The van der Waals surface area contributed by atoms with Crippen LogP contribution in [0.25, 0.3) is 0 Å². The third-order valence-electron chi connectivity index (χ3n) is 10.6. The van der Waals surface area contributed by atoms with E-state index in [0.717, 1.165) is 32.1 Å². The van der Waals surface area contributed by atoms with E-state index in [-0.39, 0.29) is 25.8 Å². The summed E-state index contributed by atoms with van der Waals surface area (Å²) in [4.78, 5) is 25.1. The Labute approximate surface area is 348 Å². The molecule has 0 heterocycles. The quantitative estimate of drug-likeness (QED) is 0.0199. The number of phosphoric acid groups is 1. The molecule has 0 spiro atoms. The topological polar surface area (TPSA) is 94.1 Å². The van der Waals surface area contributed by atoms with Crippen molar-refractivity contribution in [2.24, 2.45) is 0 Å². The summed E-state index contributed by atoms with van der Waals surface area (Å²) in [5, 5.41) is 0. The second-order valence-corrected chi connectivity index (χ2v) is 18.9. The molecular formula is C47H94NO7P. The minimum Gasteiger partial charge on any atom is -0.756 e. The van der Waals surface area contributed by atoms with E-state index in [4.69, 9.17) is 18.5 Å². The number of unbranched alkanes of at least 4 members (excludes halogenated alkanes) is 29. The molecule has 8 nitrogen and oxygen atoms in total. The fourth-order valence-corrected chi connectivity index (χ4v) is 7.57. The Bertz CT molecular complexity index is 909. The van der Waals surface area contributed by atoms with E-state index in [1.807, 2.05) is 21.1 Å². The van der Waals surface area contributed by atoms with Crippen molar-refractivity contribution in [3.05, 3.63) is 12.2 Å². The average molecular weight is 816 g/mol. The molecule has 0 aromatic heterocycles. The molecule has 0 fully saturated rings. The van der Waals surface area contributed by atoms with E-state index in [9.17, 15) is 14.3 Å². The lowest BCUT2D eigenvalue weighted by Crippen LogP contribution is -2.37. The number of likely N-dealkylation sites (N-methyl/N-ethyl adjacent to an activating group) is 1. The fraction of sp³-hybridized carbons (Fsp3) is 0.936. The molecule has 56 heavy (non-hydrogen) atoms. The van der Waals surface area contributed by atoms with Gasteiger partial charge in [-0.15, -0.1) is 0 Å². The van der Waals surface area contributed by atoms with Crippen molar-refractivity contribution in [2.45, 2.75) is 232 Å². The van der Waals surface area contributed by atoms with Crippen molar-refractivity contribution in [2.75, 3.05) is 54.1 Å². The van der Waals surface area contributed by atoms with Gasteiger partial charge in [-0.2, -0.15) is 0 Å². The van der Waals surface area contributed by atoms with Crippen LogP contribution in [0.4, 0.5) is 0 Å². The Kier molecular flexibility index (Phi) is 40.4. The van der Waals surface area contributed by atoms with Crippen LogP contribution >= 0.6 is 7.82 Å². The first-order valence-corrected chi connectivity index (χ1v) is 25.4. The number of quaternary nitrogens is 1. The van der Waals surface area contributed by atoms with Gasteiger partial charge in [0.1, 0.15) is 19.3 Å². The highest BCUT2D eigenvalue weighted by Gasteiger charge is 2.20. The minimum atomic E-state index is -4.52. The van der Waals surface area contributed by atoms with Crippen molar-refractivity contribution >= 4 is 13.8 Å². The third kappa shape index (κ3) is 44.3. The van der Waals surface area contributed by atoms with Gasteiger partial charge in [-0.3, -0.25) is 9.36 Å². The van der Waals surface area contributed by atoms with Crippen molar-refractivity contribution < 1.29 is 37.3 Å². The van der Waals surface area contributed by atoms with E-state index in [1.54, 1.807) is 0 Å². The van der Waals surface area contributed by atoms with Crippen LogP contribution in [0.5, 0.6) is 0 Å². The summed E-state index contributed by atoms with van der Waals surface area (Å²) in [6, 6.07) is 0. The zero-order valence-electron chi connectivity index (χ0n) is 37.9. The van der Waals surface area contributed by atoms with Crippen molar-refractivity contribution in [3.63, 3.8) is 0 Å². The lowest BCUT2D eigenvalue weighted by Gasteiger charge is -2.28. The first kappa shape index (κ1) is 55.2. The lowest BCUT2D eigenvalue weighted by molar-refractivity contribution is -0.870. The molecule has 2 atom stereocenters. The van der Waals surface area contributed by atoms with Crippen LogP contribution < -0.4 is 4.89 Å². The maximum atomic E-state index is 12.7. The molecule has 0 saturated carbocycles. The molecule has 0 bridgehead atoms. The van der Waals surface area contributed by atoms with Crippen LogP contribution in [0.15, 0.2) is 12.2 Å². The number of ether oxygens (including phenoxy) is 2. The van der Waals surface area contributed by atoms with Crippen LogP contribution in [-0.4, -0.2) is 70.7 Å². The summed E-state index contributed by atoms with van der Waals surface area (Å²) in [5.74, 6) is -0.330. The predicted molar refractivity (Wildman–Crippen MR) is 236 cm³/mol. The van der Waals surface area contributed by atoms with Gasteiger partial charge in [0.2, 0.25) is 0 Å². The zero-order chi connectivity index (χ0) is 41.3. The predicted octanol–water partition coefficient (Wildman–Crippen LogP) is 13.6. The van der Waals surface area contributed by atoms with Crippen molar-refractivity contribution in [3.8, 4) is 0 Å². The molecule has 2 unspecified atom stereocenters. The highest BCUT2D eigenvalue weighted by atomic mass is 31.2. The number of carbonyl (C=O) groups is 1. The number of hydrogen-bond acceptors (Lipinski definition) is 7. The van der Waals surface area contributed by atoms with Gasteiger partial charge in [0.25, 0.3) is 7.82 Å². The van der Waals surface area contributed by atoms with E-state index in [0.29, 0.717) is 24.1 Å². The number of rotatable bonds is 45. The Balaban J connectivity index is 4.13. The van der Waals surface area contributed by atoms with Gasteiger partial charge in [-0.1, -0.05) is 193 Å². The lowest BCUT2D eigenvalue weighted by atomic mass is 10.0. The minimum absolute atomic E-state index is 0.0294. The van der Waals surface area contributed by atoms with E-state index in [2.05, 4.69) is 26.0 Å². The second-order valence-electron chi connectivity index (χ2n) is 17.5. The van der Waals surface area contributed by atoms with Gasteiger partial charge in [0.05, 0.1) is 34.4 Å². The van der Waals surface area contributed by atoms with Crippen LogP contribution in [0.2, 0.25) is 0 Å². The van der Waals surface area contributed by atoms with Crippen LogP contribution in [0.1, 0.15) is 226 Å². The highest BCUT2D eigenvalue weighted by Crippen LogP contribution is 2.38. The fourth-order valence-electron chi connectivity index (χ4n) is 6.84. The summed E-state index contributed by atoms with van der Waals surface area (Å²) < 4.78 is 34.7. The number of carbonyl (C=O) groups excluding carboxylic acids is 1. The maximum absolute atomic E-state index is 12.7. The Morgan fingerprint density at radius 2 is 0.929 bits per heavy atom. The number of hydrogen-bond donors (Lipinski definition) is 0. The summed E-state index contributed by atoms with van der Waals surface area (Å²) in [5.41, 5.74) is 0. The van der Waals surface area contributed by atoms with Gasteiger partial charge in [0.15, 0.2) is 0 Å². The number of esters is 1. The molecule has 0 aromatic carbocycles. The van der Waals surface area contributed by atoms with E-state index in [1.165, 1.54) is 173 Å². The summed E-state index contributed by atoms with van der Waals surface area (Å²) in [6.45, 7) is 5.45. The third-order valence-corrected chi connectivity index (χ3v) is 11.5. The summed E-state index contributed by atoms with van der Waals surface area (Å²) in [7, 11) is 1.37. The second kappa shape index (κ2) is 41.0. The molecule has 0 aliphatic carbocycles. The van der Waals surface area contributed by atoms with Gasteiger partial charge < -0.3 is 27.9 Å². The summed E-state index contributed by atoms with van der Waals surface area (Å²) >= 11 is 0. The maximum Gasteiger partial charge on any atom is 0.306 e. The van der Waals surface area contributed by atoms with E-state index < -0.39 is 13.9 Å². The van der Waals surface area contributed by atoms with Gasteiger partial charge in [0, 0.05) is 13.0 Å². The molecule has 0 amide bonds. The Hall–Kier alpha value is -0.760. The monoisotopic (exact) mass is 816 g/mol. The molecular weight excluding hydrogens is 721 g/mol. The van der Waals surface area contributed by atoms with Crippen molar-refractivity contribution in [1.29, 1.82) is 0 Å². The standard InChI is InChI=1S/C47H94NO7P/c1-6-8-10-12-14-16-18-20-22-23-24-25-26-27-29-31-33-35-37-39-42-52-44-46(45-54-56(50,51)53-43-41-48(3,4)5)55-47(49)40-38-36-34-32-30-28-21-19-17-15-13-11-9-7-2/h20,22,46H,6-19,21,23-45H2,1-5H3/b22-20-.